The molecule has 0 aromatic rings. The number of nitrogens with zero attached hydrogens (tertiary/aromatic N) is 1. The van der Waals surface area contributed by atoms with Crippen molar-refractivity contribution in [3.05, 3.63) is 0 Å². The van der Waals surface area contributed by atoms with Crippen LogP contribution >= 0.6 is 0 Å². The predicted molar refractivity (Wildman–Crippen MR) is 70.3 cm³/mol. The SMILES string of the molecule is CC(C)N1CCC(CNS(=O)(=O)C(C)CN)C1. The van der Waals surface area contributed by atoms with E-state index in [1.807, 2.05) is 0 Å². The summed E-state index contributed by atoms with van der Waals surface area (Å²) in [4.78, 5) is 2.38. The van der Waals surface area contributed by atoms with Crippen molar-refractivity contribution in [1.29, 1.82) is 0 Å². The Labute approximate surface area is 105 Å². The molecule has 1 aliphatic heterocycles. The lowest BCUT2D eigenvalue weighted by molar-refractivity contribution is 0.265. The van der Waals surface area contributed by atoms with Crippen LogP contribution in [0.5, 0.6) is 0 Å². The first kappa shape index (κ1) is 14.9. The van der Waals surface area contributed by atoms with Crippen LogP contribution in [0.15, 0.2) is 0 Å². The standard InChI is InChI=1S/C11H25N3O2S/c1-9(2)14-5-4-11(8-14)7-13-17(15,16)10(3)6-12/h9-11,13H,4-8,12H2,1-3H3. The van der Waals surface area contributed by atoms with Gasteiger partial charge in [-0.25, -0.2) is 13.1 Å². The Morgan fingerprint density at radius 1 is 1.41 bits per heavy atom. The molecule has 0 amide bonds. The van der Waals surface area contributed by atoms with Crippen LogP contribution in [0.2, 0.25) is 0 Å². The van der Waals surface area contributed by atoms with Crippen LogP contribution in [0.25, 0.3) is 0 Å². The summed E-state index contributed by atoms with van der Waals surface area (Å²) in [7, 11) is -3.23. The first-order valence-corrected chi connectivity index (χ1v) is 7.84. The highest BCUT2D eigenvalue weighted by Gasteiger charge is 2.26. The van der Waals surface area contributed by atoms with Gasteiger partial charge in [-0.2, -0.15) is 0 Å². The second kappa shape index (κ2) is 6.13. The van der Waals surface area contributed by atoms with E-state index in [1.54, 1.807) is 6.92 Å². The Balaban J connectivity index is 2.38. The average Bonchev–Trinajstić information content (AvgIpc) is 2.74. The van der Waals surface area contributed by atoms with Gasteiger partial charge in [0.15, 0.2) is 0 Å². The maximum absolute atomic E-state index is 11.7. The van der Waals surface area contributed by atoms with Crippen LogP contribution in [-0.4, -0.2) is 50.8 Å². The van der Waals surface area contributed by atoms with Crippen molar-refractivity contribution in [3.8, 4) is 0 Å². The Kier molecular flexibility index (Phi) is 5.37. The van der Waals surface area contributed by atoms with Gasteiger partial charge in [0.2, 0.25) is 10.0 Å². The molecule has 0 aliphatic carbocycles. The number of nitrogens with one attached hydrogen (secondary N) is 1. The zero-order valence-corrected chi connectivity index (χ0v) is 11.8. The van der Waals surface area contributed by atoms with E-state index in [1.165, 1.54) is 0 Å². The quantitative estimate of drug-likeness (QED) is 0.706. The van der Waals surface area contributed by atoms with Crippen LogP contribution in [-0.2, 0) is 10.0 Å². The van der Waals surface area contributed by atoms with E-state index in [-0.39, 0.29) is 6.54 Å². The van der Waals surface area contributed by atoms with Gasteiger partial charge in [0.25, 0.3) is 0 Å². The molecule has 102 valence electrons. The van der Waals surface area contributed by atoms with Crippen LogP contribution in [0.4, 0.5) is 0 Å². The van der Waals surface area contributed by atoms with E-state index in [4.69, 9.17) is 5.73 Å². The minimum absolute atomic E-state index is 0.165. The molecule has 2 unspecified atom stereocenters. The molecule has 1 aliphatic rings. The molecule has 0 spiro atoms. The monoisotopic (exact) mass is 263 g/mol. The largest absolute Gasteiger partial charge is 0.329 e. The molecule has 0 saturated carbocycles. The molecule has 1 rings (SSSR count). The lowest BCUT2D eigenvalue weighted by Crippen LogP contribution is -2.40. The third-order valence-electron chi connectivity index (χ3n) is 3.48. The zero-order valence-electron chi connectivity index (χ0n) is 11.0. The number of nitrogens with two attached hydrogens (primary N) is 1. The maximum atomic E-state index is 11.7. The van der Waals surface area contributed by atoms with Crippen LogP contribution in [0.3, 0.4) is 0 Å². The highest BCUT2D eigenvalue weighted by atomic mass is 32.2. The summed E-state index contributed by atoms with van der Waals surface area (Å²) < 4.78 is 26.1. The molecule has 1 fully saturated rings. The number of hydrogen-bond donors (Lipinski definition) is 2. The Bertz CT molecular complexity index is 330. The molecule has 0 aromatic heterocycles. The van der Waals surface area contributed by atoms with Crippen LogP contribution in [0, 0.1) is 5.92 Å². The molecule has 1 saturated heterocycles. The normalized spacial score (nSPS) is 24.4. The minimum Gasteiger partial charge on any atom is -0.329 e. The number of likely N-dealkylation sites (tertiary alicyclic amines) is 1. The first-order valence-electron chi connectivity index (χ1n) is 6.29. The summed E-state index contributed by atoms with van der Waals surface area (Å²) in [6.45, 7) is 8.73. The summed E-state index contributed by atoms with van der Waals surface area (Å²) in [5, 5.41) is -0.509. The zero-order chi connectivity index (χ0) is 13.1. The van der Waals surface area contributed by atoms with Gasteiger partial charge < -0.3 is 10.6 Å². The van der Waals surface area contributed by atoms with Gasteiger partial charge >= 0.3 is 0 Å². The summed E-state index contributed by atoms with van der Waals surface area (Å²) >= 11 is 0. The van der Waals surface area contributed by atoms with E-state index in [0.717, 1.165) is 19.5 Å². The molecule has 0 bridgehead atoms. The number of hydrogen-bond acceptors (Lipinski definition) is 4. The van der Waals surface area contributed by atoms with E-state index < -0.39 is 15.3 Å². The van der Waals surface area contributed by atoms with Crippen LogP contribution < -0.4 is 10.5 Å². The molecule has 5 nitrogen and oxygen atoms in total. The molecular formula is C11H25N3O2S. The van der Waals surface area contributed by atoms with E-state index in [0.29, 0.717) is 18.5 Å². The van der Waals surface area contributed by atoms with E-state index in [9.17, 15) is 8.42 Å². The molecule has 6 heteroatoms. The molecule has 0 aromatic carbocycles. The summed E-state index contributed by atoms with van der Waals surface area (Å²) in [6.07, 6.45) is 1.07. The van der Waals surface area contributed by atoms with E-state index in [2.05, 4.69) is 23.5 Å². The van der Waals surface area contributed by atoms with Crippen molar-refractivity contribution in [2.24, 2.45) is 11.7 Å². The van der Waals surface area contributed by atoms with Gasteiger partial charge in [0.1, 0.15) is 0 Å². The summed E-state index contributed by atoms with van der Waals surface area (Å²) in [6, 6.07) is 0.541. The van der Waals surface area contributed by atoms with Crippen molar-refractivity contribution in [3.63, 3.8) is 0 Å². The van der Waals surface area contributed by atoms with E-state index >= 15 is 0 Å². The predicted octanol–water partition coefficient (Wildman–Crippen LogP) is -0.0167. The topological polar surface area (TPSA) is 75.4 Å². The number of rotatable bonds is 6. The van der Waals surface area contributed by atoms with Crippen LogP contribution in [0.1, 0.15) is 27.2 Å². The van der Waals surface area contributed by atoms with Crippen molar-refractivity contribution >= 4 is 10.0 Å². The van der Waals surface area contributed by atoms with Gasteiger partial charge in [-0.05, 0) is 39.7 Å². The maximum Gasteiger partial charge on any atom is 0.215 e. The van der Waals surface area contributed by atoms with Gasteiger partial charge in [-0.15, -0.1) is 0 Å². The van der Waals surface area contributed by atoms with Crippen molar-refractivity contribution in [2.45, 2.75) is 38.5 Å². The minimum atomic E-state index is -3.23. The van der Waals surface area contributed by atoms with Gasteiger partial charge in [0.05, 0.1) is 5.25 Å². The van der Waals surface area contributed by atoms with Crippen molar-refractivity contribution < 1.29 is 8.42 Å². The number of sulfonamides is 1. The highest BCUT2D eigenvalue weighted by molar-refractivity contribution is 7.90. The lowest BCUT2D eigenvalue weighted by atomic mass is 10.1. The molecular weight excluding hydrogens is 238 g/mol. The Morgan fingerprint density at radius 3 is 2.53 bits per heavy atom. The lowest BCUT2D eigenvalue weighted by Gasteiger charge is -2.20. The molecule has 3 N–H and O–H groups in total. The highest BCUT2D eigenvalue weighted by Crippen LogP contribution is 2.17. The Morgan fingerprint density at radius 2 is 2.06 bits per heavy atom. The summed E-state index contributed by atoms with van der Waals surface area (Å²) in [5.74, 6) is 0.428. The molecule has 2 atom stereocenters. The molecule has 1 heterocycles. The average molecular weight is 263 g/mol. The second-order valence-electron chi connectivity index (χ2n) is 5.18. The Hall–Kier alpha value is -0.170. The fourth-order valence-corrected chi connectivity index (χ4v) is 3.01. The van der Waals surface area contributed by atoms with Crippen molar-refractivity contribution in [2.75, 3.05) is 26.2 Å². The fourth-order valence-electron chi connectivity index (χ4n) is 2.00. The fraction of sp³-hybridized carbons (Fsp3) is 1.00. The molecule has 17 heavy (non-hydrogen) atoms. The van der Waals surface area contributed by atoms with Gasteiger partial charge in [-0.3, -0.25) is 0 Å². The van der Waals surface area contributed by atoms with Crippen molar-refractivity contribution in [1.82, 2.24) is 9.62 Å². The van der Waals surface area contributed by atoms with Gasteiger partial charge in [-0.1, -0.05) is 0 Å². The second-order valence-corrected chi connectivity index (χ2v) is 7.37. The van der Waals surface area contributed by atoms with Gasteiger partial charge in [0, 0.05) is 25.7 Å². The summed E-state index contributed by atoms with van der Waals surface area (Å²) in [5.41, 5.74) is 5.38. The third kappa shape index (κ3) is 4.21. The first-order chi connectivity index (χ1) is 7.86. The smallest absolute Gasteiger partial charge is 0.215 e. The molecule has 0 radical (unpaired) electrons. The third-order valence-corrected chi connectivity index (χ3v) is 5.30.